The molecule has 4 heteroatoms. The molecule has 30 heavy (non-hydrogen) atoms. The van der Waals surface area contributed by atoms with E-state index in [-0.39, 0.29) is 5.41 Å². The summed E-state index contributed by atoms with van der Waals surface area (Å²) in [5.74, 6) is 0.931. The van der Waals surface area contributed by atoms with Gasteiger partial charge in [-0.2, -0.15) is 0 Å². The zero-order valence-corrected chi connectivity index (χ0v) is 17.9. The van der Waals surface area contributed by atoms with E-state index in [9.17, 15) is 0 Å². The van der Waals surface area contributed by atoms with Crippen LogP contribution in [0.3, 0.4) is 0 Å². The van der Waals surface area contributed by atoms with Crippen molar-refractivity contribution in [3.05, 3.63) is 83.4 Å². The summed E-state index contributed by atoms with van der Waals surface area (Å²) in [5.41, 5.74) is 7.46. The fourth-order valence-electron chi connectivity index (χ4n) is 4.29. The molecule has 0 atom stereocenters. The predicted octanol–water partition coefficient (Wildman–Crippen LogP) is 5.48. The first kappa shape index (κ1) is 19.0. The Morgan fingerprint density at radius 3 is 2.57 bits per heavy atom. The van der Waals surface area contributed by atoms with E-state index in [1.165, 1.54) is 39.0 Å². The van der Waals surface area contributed by atoms with Crippen LogP contribution < -0.4 is 0 Å². The molecule has 0 saturated carbocycles. The Bertz CT molecular complexity index is 1180. The largest absolute Gasteiger partial charge is 0.354 e. The van der Waals surface area contributed by atoms with Crippen LogP contribution in [0.1, 0.15) is 43.4 Å². The molecule has 5 rings (SSSR count). The topological polar surface area (TPSA) is 44.8 Å². The second-order valence-corrected chi connectivity index (χ2v) is 9.27. The molecule has 2 aromatic carbocycles. The van der Waals surface area contributed by atoms with Gasteiger partial charge in [0.1, 0.15) is 5.82 Å². The van der Waals surface area contributed by atoms with Gasteiger partial charge in [0.2, 0.25) is 0 Å². The summed E-state index contributed by atoms with van der Waals surface area (Å²) < 4.78 is 0. The molecular formula is C26H28N4. The Morgan fingerprint density at radius 2 is 1.77 bits per heavy atom. The number of para-hydroxylation sites is 1. The maximum atomic E-state index is 4.95. The molecule has 0 fully saturated rings. The van der Waals surface area contributed by atoms with Gasteiger partial charge >= 0.3 is 0 Å². The van der Waals surface area contributed by atoms with Crippen molar-refractivity contribution < 1.29 is 0 Å². The first-order valence-corrected chi connectivity index (χ1v) is 10.7. The number of aromatic nitrogens is 3. The first-order valence-electron chi connectivity index (χ1n) is 10.7. The van der Waals surface area contributed by atoms with Crippen molar-refractivity contribution in [2.75, 3.05) is 6.54 Å². The van der Waals surface area contributed by atoms with Gasteiger partial charge in [-0.3, -0.25) is 4.90 Å². The monoisotopic (exact) mass is 396 g/mol. The number of nitrogens with zero attached hydrogens (tertiary/aromatic N) is 3. The van der Waals surface area contributed by atoms with E-state index in [4.69, 9.17) is 4.98 Å². The van der Waals surface area contributed by atoms with E-state index in [2.05, 4.69) is 90.2 Å². The zero-order chi connectivity index (χ0) is 20.7. The lowest BCUT2D eigenvalue weighted by Gasteiger charge is -2.29. The lowest BCUT2D eigenvalue weighted by Crippen LogP contribution is -2.32. The van der Waals surface area contributed by atoms with Gasteiger partial charge in [-0.05, 0) is 29.2 Å². The Balaban J connectivity index is 1.50. The van der Waals surface area contributed by atoms with E-state index < -0.39 is 0 Å². The summed E-state index contributed by atoms with van der Waals surface area (Å²) in [7, 11) is 0. The highest BCUT2D eigenvalue weighted by atomic mass is 15.1. The van der Waals surface area contributed by atoms with Gasteiger partial charge in [0.25, 0.3) is 0 Å². The number of hydrogen-bond donors (Lipinski definition) is 1. The normalized spacial score (nSPS) is 14.8. The van der Waals surface area contributed by atoms with Gasteiger partial charge in [-0.1, -0.05) is 69.3 Å². The third-order valence-corrected chi connectivity index (χ3v) is 5.95. The molecule has 0 aliphatic carbocycles. The highest BCUT2D eigenvalue weighted by molar-refractivity contribution is 5.90. The molecule has 0 unspecified atom stereocenters. The van der Waals surface area contributed by atoms with Crippen LogP contribution in [0.15, 0.2) is 60.8 Å². The van der Waals surface area contributed by atoms with Gasteiger partial charge in [0.15, 0.2) is 0 Å². The van der Waals surface area contributed by atoms with Crippen molar-refractivity contribution in [1.29, 1.82) is 0 Å². The predicted molar refractivity (Wildman–Crippen MR) is 122 cm³/mol. The number of benzene rings is 2. The van der Waals surface area contributed by atoms with E-state index in [1.54, 1.807) is 0 Å². The molecule has 1 aliphatic heterocycles. The number of nitrogens with one attached hydrogen (secondary N) is 1. The van der Waals surface area contributed by atoms with Crippen LogP contribution in [0.4, 0.5) is 0 Å². The number of hydrogen-bond acceptors (Lipinski definition) is 3. The van der Waals surface area contributed by atoms with Crippen molar-refractivity contribution in [2.24, 2.45) is 0 Å². The summed E-state index contributed by atoms with van der Waals surface area (Å²) >= 11 is 0. The average Bonchev–Trinajstić information content (AvgIpc) is 3.12. The molecule has 1 aliphatic rings. The number of H-pyrrole nitrogens is 1. The maximum absolute atomic E-state index is 4.95. The van der Waals surface area contributed by atoms with Crippen molar-refractivity contribution in [2.45, 2.75) is 45.7 Å². The minimum atomic E-state index is -0.0331. The first-order chi connectivity index (χ1) is 14.5. The highest BCUT2D eigenvalue weighted by Gasteiger charge is 2.24. The fourth-order valence-corrected chi connectivity index (χ4v) is 4.29. The van der Waals surface area contributed by atoms with Gasteiger partial charge in [0.05, 0.1) is 11.4 Å². The zero-order valence-electron chi connectivity index (χ0n) is 17.9. The quantitative estimate of drug-likeness (QED) is 0.499. The molecule has 1 N–H and O–H groups in total. The summed E-state index contributed by atoms with van der Waals surface area (Å²) in [6.45, 7) is 9.32. The minimum Gasteiger partial charge on any atom is -0.354 e. The Hall–Kier alpha value is -2.98. The second kappa shape index (κ2) is 7.37. The molecule has 0 saturated heterocycles. The van der Waals surface area contributed by atoms with Gasteiger partial charge in [-0.15, -0.1) is 0 Å². The van der Waals surface area contributed by atoms with Crippen molar-refractivity contribution in [1.82, 2.24) is 19.9 Å². The third-order valence-electron chi connectivity index (χ3n) is 5.95. The number of fused-ring (bicyclic) bond motifs is 2. The standard InChI is InChI=1S/C26H28N4/c1-26(2,3)25-27-15-19-13-14-30(17-23(19)29-25)16-21-20-11-7-8-12-22(20)28-24(21)18-9-5-4-6-10-18/h4-12,15,28H,13-14,16-17H2,1-3H3. The number of rotatable bonds is 3. The van der Waals surface area contributed by atoms with Crippen LogP contribution in [0.2, 0.25) is 0 Å². The van der Waals surface area contributed by atoms with E-state index in [0.29, 0.717) is 0 Å². The lowest BCUT2D eigenvalue weighted by atomic mass is 9.95. The van der Waals surface area contributed by atoms with Crippen LogP contribution in [-0.4, -0.2) is 26.4 Å². The summed E-state index contributed by atoms with van der Waals surface area (Å²) in [6.07, 6.45) is 3.05. The van der Waals surface area contributed by atoms with Gasteiger partial charge in [0, 0.05) is 42.1 Å². The van der Waals surface area contributed by atoms with Crippen LogP contribution in [-0.2, 0) is 24.9 Å². The molecule has 0 radical (unpaired) electrons. The van der Waals surface area contributed by atoms with Crippen LogP contribution >= 0.6 is 0 Å². The third kappa shape index (κ3) is 3.52. The highest BCUT2D eigenvalue weighted by Crippen LogP contribution is 2.32. The van der Waals surface area contributed by atoms with Crippen LogP contribution in [0.25, 0.3) is 22.2 Å². The molecule has 0 bridgehead atoms. The fraction of sp³-hybridized carbons (Fsp3) is 0.308. The lowest BCUT2D eigenvalue weighted by molar-refractivity contribution is 0.241. The Kier molecular flexibility index (Phi) is 4.67. The van der Waals surface area contributed by atoms with Crippen molar-refractivity contribution >= 4 is 10.9 Å². The summed E-state index contributed by atoms with van der Waals surface area (Å²) in [4.78, 5) is 15.8. The molecule has 0 spiro atoms. The molecule has 0 amide bonds. The molecule has 4 nitrogen and oxygen atoms in total. The van der Waals surface area contributed by atoms with Crippen LogP contribution in [0, 0.1) is 0 Å². The Labute approximate surface area is 178 Å². The van der Waals surface area contributed by atoms with E-state index in [1.807, 2.05) is 6.20 Å². The van der Waals surface area contributed by atoms with E-state index >= 15 is 0 Å². The van der Waals surface area contributed by atoms with Crippen molar-refractivity contribution in [3.63, 3.8) is 0 Å². The summed E-state index contributed by atoms with van der Waals surface area (Å²) in [5, 5.41) is 1.31. The van der Waals surface area contributed by atoms with Crippen LogP contribution in [0.5, 0.6) is 0 Å². The van der Waals surface area contributed by atoms with Gasteiger partial charge in [-0.25, -0.2) is 9.97 Å². The summed E-state index contributed by atoms with van der Waals surface area (Å²) in [6, 6.07) is 19.3. The Morgan fingerprint density at radius 1 is 1.00 bits per heavy atom. The van der Waals surface area contributed by atoms with E-state index in [0.717, 1.165) is 31.9 Å². The average molecular weight is 397 g/mol. The second-order valence-electron chi connectivity index (χ2n) is 9.27. The SMILES string of the molecule is CC(C)(C)c1ncc2c(n1)CN(Cc1c(-c3ccccc3)[nH]c3ccccc13)CC2. The van der Waals surface area contributed by atoms with Crippen molar-refractivity contribution in [3.8, 4) is 11.3 Å². The molecule has 3 heterocycles. The number of aromatic amines is 1. The molecule has 152 valence electrons. The maximum Gasteiger partial charge on any atom is 0.133 e. The molecule has 2 aromatic heterocycles. The minimum absolute atomic E-state index is 0.0331. The molecule has 4 aromatic rings. The van der Waals surface area contributed by atoms with Gasteiger partial charge < -0.3 is 4.98 Å². The smallest absolute Gasteiger partial charge is 0.133 e. The molecular weight excluding hydrogens is 368 g/mol.